The average Bonchev–Trinajstić information content (AvgIpc) is 2.78. The van der Waals surface area contributed by atoms with Crippen molar-refractivity contribution in [3.05, 3.63) is 22.5 Å². The molecule has 1 aliphatic heterocycles. The lowest BCUT2D eigenvalue weighted by atomic mass is 9.83. The van der Waals surface area contributed by atoms with E-state index >= 15 is 0 Å². The summed E-state index contributed by atoms with van der Waals surface area (Å²) < 4.78 is 7.68. The Bertz CT molecular complexity index is 506. The molecule has 1 aromatic heterocycles. The van der Waals surface area contributed by atoms with Crippen molar-refractivity contribution in [1.29, 1.82) is 0 Å². The molecule has 1 aromatic rings. The predicted octanol–water partition coefficient (Wildman–Crippen LogP) is 1.71. The molecule has 2 heterocycles. The van der Waals surface area contributed by atoms with Gasteiger partial charge in [0.1, 0.15) is 5.82 Å². The molecule has 0 aromatic carbocycles. The molecule has 1 saturated heterocycles. The molecular weight excluding hydrogens is 242 g/mol. The number of aromatic nitrogens is 2. The van der Waals surface area contributed by atoms with E-state index in [2.05, 4.69) is 5.10 Å². The van der Waals surface area contributed by atoms with Crippen molar-refractivity contribution in [3.63, 3.8) is 0 Å². The Morgan fingerprint density at radius 1 is 1.32 bits per heavy atom. The van der Waals surface area contributed by atoms with Gasteiger partial charge in [-0.3, -0.25) is 4.79 Å². The highest BCUT2D eigenvalue weighted by Crippen LogP contribution is 2.42. The third-order valence-corrected chi connectivity index (χ3v) is 4.37. The normalized spacial score (nSPS) is 25.8. The van der Waals surface area contributed by atoms with Gasteiger partial charge < -0.3 is 10.5 Å². The highest BCUT2D eigenvalue weighted by Gasteiger charge is 2.40. The summed E-state index contributed by atoms with van der Waals surface area (Å²) in [4.78, 5) is 11.7. The molecule has 3 rings (SSSR count). The fourth-order valence-electron chi connectivity index (χ4n) is 3.38. The second-order valence-corrected chi connectivity index (χ2v) is 5.80. The number of hydrogen-bond acceptors (Lipinski definition) is 4. The molecule has 5 nitrogen and oxygen atoms in total. The van der Waals surface area contributed by atoms with Crippen molar-refractivity contribution in [2.45, 2.75) is 63.2 Å². The van der Waals surface area contributed by atoms with Crippen LogP contribution in [0.25, 0.3) is 0 Å². The second kappa shape index (κ2) is 4.96. The van der Waals surface area contributed by atoms with Gasteiger partial charge in [0, 0.05) is 6.07 Å². The third-order valence-electron chi connectivity index (χ3n) is 4.37. The predicted molar refractivity (Wildman–Crippen MR) is 72.8 cm³/mol. The number of anilines is 1. The first-order valence-corrected chi connectivity index (χ1v) is 7.18. The minimum Gasteiger partial charge on any atom is -0.382 e. The van der Waals surface area contributed by atoms with Crippen LogP contribution in [0.1, 0.15) is 44.9 Å². The topological polar surface area (TPSA) is 70.1 Å². The maximum absolute atomic E-state index is 11.7. The summed E-state index contributed by atoms with van der Waals surface area (Å²) >= 11 is 0. The molecule has 2 N–H and O–H groups in total. The monoisotopic (exact) mass is 263 g/mol. The van der Waals surface area contributed by atoms with Crippen molar-refractivity contribution in [3.8, 4) is 0 Å². The molecule has 0 amide bonds. The van der Waals surface area contributed by atoms with Crippen LogP contribution in [0.3, 0.4) is 0 Å². The van der Waals surface area contributed by atoms with Gasteiger partial charge in [-0.15, -0.1) is 0 Å². The van der Waals surface area contributed by atoms with E-state index in [1.807, 2.05) is 0 Å². The maximum Gasteiger partial charge on any atom is 0.266 e. The average molecular weight is 263 g/mol. The Hall–Kier alpha value is -1.36. The Morgan fingerprint density at radius 3 is 2.89 bits per heavy atom. The van der Waals surface area contributed by atoms with Crippen molar-refractivity contribution < 1.29 is 4.74 Å². The van der Waals surface area contributed by atoms with Crippen LogP contribution in [0.4, 0.5) is 5.82 Å². The van der Waals surface area contributed by atoms with Crippen LogP contribution in [0.2, 0.25) is 0 Å². The number of nitrogens with zero attached hydrogens (tertiary/aromatic N) is 2. The van der Waals surface area contributed by atoms with Gasteiger partial charge in [-0.2, -0.15) is 5.10 Å². The fourth-order valence-corrected chi connectivity index (χ4v) is 3.38. The van der Waals surface area contributed by atoms with Gasteiger partial charge >= 0.3 is 0 Å². The van der Waals surface area contributed by atoms with E-state index < -0.39 is 0 Å². The van der Waals surface area contributed by atoms with Gasteiger partial charge in [0.05, 0.1) is 18.2 Å². The molecule has 1 saturated carbocycles. The van der Waals surface area contributed by atoms with Crippen molar-refractivity contribution >= 4 is 5.82 Å². The number of ether oxygens (including phenoxy) is 1. The van der Waals surface area contributed by atoms with E-state index in [0.29, 0.717) is 12.4 Å². The first-order valence-electron chi connectivity index (χ1n) is 7.18. The van der Waals surface area contributed by atoms with Crippen LogP contribution in [0, 0.1) is 0 Å². The molecule has 1 aliphatic carbocycles. The van der Waals surface area contributed by atoms with Gasteiger partial charge in [0.25, 0.3) is 5.56 Å². The molecule has 2 aliphatic rings. The molecule has 19 heavy (non-hydrogen) atoms. The smallest absolute Gasteiger partial charge is 0.266 e. The fraction of sp³-hybridized carbons (Fsp3) is 0.714. The standard InChI is InChI=1S/C14H21N3O2/c15-12-4-5-13(18)17(16-12)10-11-6-9-14(19-11)7-2-1-3-8-14/h4-5,11H,1-3,6-10H2,(H2,15,16). The van der Waals surface area contributed by atoms with E-state index in [0.717, 1.165) is 12.8 Å². The molecule has 5 heteroatoms. The van der Waals surface area contributed by atoms with Gasteiger partial charge in [-0.25, -0.2) is 4.68 Å². The zero-order chi connectivity index (χ0) is 13.3. The van der Waals surface area contributed by atoms with Crippen LogP contribution in [-0.2, 0) is 11.3 Å². The van der Waals surface area contributed by atoms with Gasteiger partial charge in [-0.1, -0.05) is 19.3 Å². The molecule has 1 spiro atoms. The highest BCUT2D eigenvalue weighted by atomic mass is 16.5. The largest absolute Gasteiger partial charge is 0.382 e. The molecule has 0 bridgehead atoms. The number of hydrogen-bond donors (Lipinski definition) is 1. The number of nitrogen functional groups attached to an aromatic ring is 1. The van der Waals surface area contributed by atoms with Crippen LogP contribution < -0.4 is 11.3 Å². The Labute approximate surface area is 112 Å². The third kappa shape index (κ3) is 2.66. The molecule has 0 radical (unpaired) electrons. The van der Waals surface area contributed by atoms with Gasteiger partial charge in [0.2, 0.25) is 0 Å². The van der Waals surface area contributed by atoms with Crippen LogP contribution >= 0.6 is 0 Å². The summed E-state index contributed by atoms with van der Waals surface area (Å²) in [5, 5.41) is 4.07. The van der Waals surface area contributed by atoms with Crippen molar-refractivity contribution in [1.82, 2.24) is 9.78 Å². The summed E-state index contributed by atoms with van der Waals surface area (Å²) in [6.45, 7) is 0.519. The van der Waals surface area contributed by atoms with E-state index in [4.69, 9.17) is 10.5 Å². The van der Waals surface area contributed by atoms with E-state index in [1.165, 1.54) is 48.9 Å². The van der Waals surface area contributed by atoms with Gasteiger partial charge in [0.15, 0.2) is 0 Å². The summed E-state index contributed by atoms with van der Waals surface area (Å²) in [5.41, 5.74) is 5.61. The lowest BCUT2D eigenvalue weighted by Crippen LogP contribution is -2.34. The minimum absolute atomic E-state index is 0.0901. The zero-order valence-corrected chi connectivity index (χ0v) is 11.2. The summed E-state index contributed by atoms with van der Waals surface area (Å²) in [6.07, 6.45) is 8.44. The second-order valence-electron chi connectivity index (χ2n) is 5.80. The molecule has 1 atom stereocenters. The first-order chi connectivity index (χ1) is 9.17. The Morgan fingerprint density at radius 2 is 2.11 bits per heavy atom. The lowest BCUT2D eigenvalue weighted by Gasteiger charge is -2.33. The van der Waals surface area contributed by atoms with Crippen molar-refractivity contribution in [2.24, 2.45) is 0 Å². The molecule has 104 valence electrons. The van der Waals surface area contributed by atoms with E-state index in [9.17, 15) is 4.79 Å². The van der Waals surface area contributed by atoms with Crippen LogP contribution in [-0.4, -0.2) is 21.5 Å². The lowest BCUT2D eigenvalue weighted by molar-refractivity contribution is -0.0691. The molecule has 1 unspecified atom stereocenters. The van der Waals surface area contributed by atoms with E-state index in [-0.39, 0.29) is 17.3 Å². The zero-order valence-electron chi connectivity index (χ0n) is 11.2. The minimum atomic E-state index is -0.109. The molecule has 2 fully saturated rings. The van der Waals surface area contributed by atoms with Gasteiger partial charge in [-0.05, 0) is 31.7 Å². The van der Waals surface area contributed by atoms with Crippen LogP contribution in [0.15, 0.2) is 16.9 Å². The Balaban J connectivity index is 1.68. The maximum atomic E-state index is 11.7. The number of rotatable bonds is 2. The van der Waals surface area contributed by atoms with Crippen LogP contribution in [0.5, 0.6) is 0 Å². The van der Waals surface area contributed by atoms with E-state index in [1.54, 1.807) is 0 Å². The Kier molecular flexibility index (Phi) is 3.31. The highest BCUT2D eigenvalue weighted by molar-refractivity contribution is 5.23. The SMILES string of the molecule is Nc1ccc(=O)n(CC2CCC3(CCCCC3)O2)n1. The summed E-state index contributed by atoms with van der Waals surface area (Å²) in [5.74, 6) is 0.380. The molecular formula is C14H21N3O2. The first kappa shape index (κ1) is 12.7. The summed E-state index contributed by atoms with van der Waals surface area (Å²) in [6, 6.07) is 3.00. The van der Waals surface area contributed by atoms with Crippen molar-refractivity contribution in [2.75, 3.05) is 5.73 Å². The summed E-state index contributed by atoms with van der Waals surface area (Å²) in [7, 11) is 0. The quantitative estimate of drug-likeness (QED) is 0.881. The number of nitrogens with two attached hydrogens (primary N) is 1.